The van der Waals surface area contributed by atoms with Crippen LogP contribution in [0.5, 0.6) is 5.75 Å². The monoisotopic (exact) mass is 415 g/mol. The summed E-state index contributed by atoms with van der Waals surface area (Å²) in [6, 6.07) is 22.6. The molecule has 2 nitrogen and oxygen atoms in total. The Morgan fingerprint density at radius 1 is 0.968 bits per heavy atom. The summed E-state index contributed by atoms with van der Waals surface area (Å²) in [6.45, 7) is 7.16. The van der Waals surface area contributed by atoms with Crippen LogP contribution in [0.4, 0.5) is 0 Å². The fourth-order valence-corrected chi connectivity index (χ4v) is 6.01. The Labute approximate surface area is 187 Å². The minimum Gasteiger partial charge on any atom is -0.494 e. The summed E-state index contributed by atoms with van der Waals surface area (Å²) < 4.78 is 5.76. The number of ether oxygens (including phenoxy) is 1. The van der Waals surface area contributed by atoms with Gasteiger partial charge < -0.3 is 10.5 Å². The van der Waals surface area contributed by atoms with Gasteiger partial charge in [0.05, 0.1) is 6.61 Å². The molecule has 0 spiro atoms. The van der Waals surface area contributed by atoms with Gasteiger partial charge in [-0.05, 0) is 78.6 Å². The van der Waals surface area contributed by atoms with E-state index in [1.807, 2.05) is 6.92 Å². The van der Waals surface area contributed by atoms with Crippen molar-refractivity contribution in [3.05, 3.63) is 77.4 Å². The third-order valence-electron chi connectivity index (χ3n) is 7.32. The molecule has 2 heteroatoms. The highest BCUT2D eigenvalue weighted by Gasteiger charge is 2.43. The van der Waals surface area contributed by atoms with Crippen molar-refractivity contribution in [2.24, 2.45) is 11.7 Å². The summed E-state index contributed by atoms with van der Waals surface area (Å²) >= 11 is 0. The molecule has 1 aliphatic rings. The van der Waals surface area contributed by atoms with E-state index >= 15 is 0 Å². The summed E-state index contributed by atoms with van der Waals surface area (Å²) in [4.78, 5) is 0. The Hall–Kier alpha value is -2.32. The molecule has 0 radical (unpaired) electrons. The van der Waals surface area contributed by atoms with Crippen molar-refractivity contribution in [3.8, 4) is 5.75 Å². The maximum Gasteiger partial charge on any atom is 0.119 e. The maximum absolute atomic E-state index is 6.36. The van der Waals surface area contributed by atoms with Crippen molar-refractivity contribution in [1.82, 2.24) is 0 Å². The minimum absolute atomic E-state index is 0.0261. The molecule has 2 N–H and O–H groups in total. The third kappa shape index (κ3) is 3.99. The number of benzene rings is 3. The first-order valence-corrected chi connectivity index (χ1v) is 12.1. The van der Waals surface area contributed by atoms with E-state index in [2.05, 4.69) is 74.5 Å². The molecule has 3 atom stereocenters. The molecule has 31 heavy (non-hydrogen) atoms. The van der Waals surface area contributed by atoms with Gasteiger partial charge in [0.2, 0.25) is 0 Å². The zero-order valence-corrected chi connectivity index (χ0v) is 19.4. The van der Waals surface area contributed by atoms with Gasteiger partial charge in [0.25, 0.3) is 0 Å². The van der Waals surface area contributed by atoms with Crippen molar-refractivity contribution in [1.29, 1.82) is 0 Å². The molecular formula is C29H37NO. The van der Waals surface area contributed by atoms with Crippen molar-refractivity contribution in [3.63, 3.8) is 0 Å². The lowest BCUT2D eigenvalue weighted by Gasteiger charge is -2.46. The van der Waals surface area contributed by atoms with Gasteiger partial charge in [-0.2, -0.15) is 0 Å². The number of nitrogens with two attached hydrogens (primary N) is 1. The molecular weight excluding hydrogens is 378 g/mol. The van der Waals surface area contributed by atoms with Gasteiger partial charge in [0.15, 0.2) is 0 Å². The maximum atomic E-state index is 6.36. The van der Waals surface area contributed by atoms with Gasteiger partial charge in [0, 0.05) is 11.5 Å². The van der Waals surface area contributed by atoms with Crippen LogP contribution < -0.4 is 10.5 Å². The van der Waals surface area contributed by atoms with Crippen LogP contribution in [0.2, 0.25) is 0 Å². The van der Waals surface area contributed by atoms with Crippen LogP contribution in [-0.2, 0) is 5.41 Å². The van der Waals surface area contributed by atoms with Crippen LogP contribution >= 0.6 is 0 Å². The Bertz CT molecular complexity index is 1000. The van der Waals surface area contributed by atoms with Crippen LogP contribution in [0.1, 0.15) is 82.0 Å². The lowest BCUT2D eigenvalue weighted by Crippen LogP contribution is -2.39. The number of fused-ring (bicyclic) bond motifs is 1. The lowest BCUT2D eigenvalue weighted by atomic mass is 9.57. The molecule has 0 heterocycles. The van der Waals surface area contributed by atoms with Gasteiger partial charge >= 0.3 is 0 Å². The Balaban J connectivity index is 1.96. The van der Waals surface area contributed by atoms with Gasteiger partial charge in [-0.1, -0.05) is 74.7 Å². The quantitative estimate of drug-likeness (QED) is 0.433. The molecule has 4 rings (SSSR count). The predicted octanol–water partition coefficient (Wildman–Crippen LogP) is 7.53. The SMILES string of the molecule is CCCC1CCCCC1(c1ccc(OCC)cc1)c1cccc2c([C@@H](C)N)cccc12. The zero-order chi connectivity index (χ0) is 21.8. The zero-order valence-electron chi connectivity index (χ0n) is 19.4. The van der Waals surface area contributed by atoms with Crippen molar-refractivity contribution in [2.45, 2.75) is 70.8 Å². The fourth-order valence-electron chi connectivity index (χ4n) is 6.01. The Morgan fingerprint density at radius 2 is 1.71 bits per heavy atom. The second-order valence-corrected chi connectivity index (χ2v) is 9.20. The van der Waals surface area contributed by atoms with E-state index in [1.54, 1.807) is 0 Å². The second-order valence-electron chi connectivity index (χ2n) is 9.20. The smallest absolute Gasteiger partial charge is 0.119 e. The highest BCUT2D eigenvalue weighted by Crippen LogP contribution is 2.52. The van der Waals surface area contributed by atoms with Crippen LogP contribution in [0.15, 0.2) is 60.7 Å². The molecule has 1 aliphatic carbocycles. The van der Waals surface area contributed by atoms with Crippen LogP contribution in [0, 0.1) is 5.92 Å². The Kier molecular flexibility index (Phi) is 6.67. The molecule has 1 fully saturated rings. The second kappa shape index (κ2) is 9.44. The lowest BCUT2D eigenvalue weighted by molar-refractivity contribution is 0.212. The average Bonchev–Trinajstić information content (AvgIpc) is 2.80. The average molecular weight is 416 g/mol. The molecule has 0 bridgehead atoms. The Morgan fingerprint density at radius 3 is 2.42 bits per heavy atom. The van der Waals surface area contributed by atoms with Crippen LogP contribution in [-0.4, -0.2) is 6.61 Å². The number of hydrogen-bond donors (Lipinski definition) is 1. The minimum atomic E-state index is 0.0261. The topological polar surface area (TPSA) is 35.2 Å². The first-order chi connectivity index (χ1) is 15.1. The fraction of sp³-hybridized carbons (Fsp3) is 0.448. The number of rotatable bonds is 7. The van der Waals surface area contributed by atoms with E-state index in [-0.39, 0.29) is 11.5 Å². The van der Waals surface area contributed by atoms with Gasteiger partial charge in [-0.15, -0.1) is 0 Å². The molecule has 0 amide bonds. The van der Waals surface area contributed by atoms with E-state index in [4.69, 9.17) is 10.5 Å². The predicted molar refractivity (Wildman–Crippen MR) is 132 cm³/mol. The molecule has 1 saturated carbocycles. The van der Waals surface area contributed by atoms with E-state index in [0.29, 0.717) is 12.5 Å². The summed E-state index contributed by atoms with van der Waals surface area (Å²) in [7, 11) is 0. The molecule has 3 aromatic rings. The van der Waals surface area contributed by atoms with Gasteiger partial charge in [0.1, 0.15) is 5.75 Å². The van der Waals surface area contributed by atoms with E-state index < -0.39 is 0 Å². The van der Waals surface area contributed by atoms with Gasteiger partial charge in [-0.25, -0.2) is 0 Å². The number of hydrogen-bond acceptors (Lipinski definition) is 2. The summed E-state index contributed by atoms with van der Waals surface area (Å²) in [5.41, 5.74) is 10.6. The van der Waals surface area contributed by atoms with Gasteiger partial charge in [-0.3, -0.25) is 0 Å². The molecule has 3 aromatic carbocycles. The van der Waals surface area contributed by atoms with Crippen molar-refractivity contribution in [2.75, 3.05) is 6.61 Å². The van der Waals surface area contributed by atoms with E-state index in [0.717, 1.165) is 5.75 Å². The molecule has 0 saturated heterocycles. The normalized spacial score (nSPS) is 22.4. The highest BCUT2D eigenvalue weighted by molar-refractivity contribution is 5.90. The first-order valence-electron chi connectivity index (χ1n) is 12.1. The summed E-state index contributed by atoms with van der Waals surface area (Å²) in [5.74, 6) is 1.61. The summed E-state index contributed by atoms with van der Waals surface area (Å²) in [6.07, 6.45) is 7.59. The highest BCUT2D eigenvalue weighted by atomic mass is 16.5. The standard InChI is InChI=1S/C29H37NO/c1-4-10-22-11-6-7-20-29(22,23-16-18-24(19-17-23)31-5-2)28-15-9-13-26-25(21(3)30)12-8-14-27(26)28/h8-9,12-19,21-22H,4-7,10-11,20,30H2,1-3H3/t21-,22?,29?/m1/s1. The largest absolute Gasteiger partial charge is 0.494 e. The summed E-state index contributed by atoms with van der Waals surface area (Å²) in [5, 5.41) is 2.68. The molecule has 164 valence electrons. The van der Waals surface area contributed by atoms with Crippen molar-refractivity contribution < 1.29 is 4.74 Å². The molecule has 2 unspecified atom stereocenters. The molecule has 0 aromatic heterocycles. The molecule has 0 aliphatic heterocycles. The van der Waals surface area contributed by atoms with E-state index in [9.17, 15) is 0 Å². The van der Waals surface area contributed by atoms with Crippen LogP contribution in [0.25, 0.3) is 10.8 Å². The van der Waals surface area contributed by atoms with Crippen LogP contribution in [0.3, 0.4) is 0 Å². The van der Waals surface area contributed by atoms with Crippen molar-refractivity contribution >= 4 is 10.8 Å². The first kappa shape index (κ1) is 21.9. The third-order valence-corrected chi connectivity index (χ3v) is 7.32. The van der Waals surface area contributed by atoms with E-state index in [1.165, 1.54) is 66.0 Å².